The minimum atomic E-state index is -4.29. The molecule has 9 heteroatoms. The SMILES string of the molecule is CC/C=C\C/C=C\C/C=C\C/C=C\CCCCCCCCCCCCCCC(=O)OC(COCCCCCCC/C=C\C/C=C\C/C=C\C/C=C\CC)COP(=O)(O)OCC[N+](C)(C)C. The van der Waals surface area contributed by atoms with Crippen LogP contribution in [0.3, 0.4) is 0 Å². The van der Waals surface area contributed by atoms with Gasteiger partial charge in [0.2, 0.25) is 0 Å². The van der Waals surface area contributed by atoms with Crippen LogP contribution >= 0.6 is 7.82 Å². The number of quaternary nitrogens is 1. The summed E-state index contributed by atoms with van der Waals surface area (Å²) in [6, 6.07) is 0. The molecule has 65 heavy (non-hydrogen) atoms. The fraction of sp³-hybridized carbons (Fsp3) is 0.696. The van der Waals surface area contributed by atoms with Crippen molar-refractivity contribution < 1.29 is 37.3 Å². The third-order valence-electron chi connectivity index (χ3n) is 10.6. The monoisotopic (exact) mass is 929 g/mol. The highest BCUT2D eigenvalue weighted by molar-refractivity contribution is 7.47. The van der Waals surface area contributed by atoms with Crippen LogP contribution in [0, 0.1) is 0 Å². The lowest BCUT2D eigenvalue weighted by Crippen LogP contribution is -2.37. The minimum absolute atomic E-state index is 0.0793. The van der Waals surface area contributed by atoms with Gasteiger partial charge in [0.05, 0.1) is 34.4 Å². The number of ether oxygens (including phenoxy) is 2. The first kappa shape index (κ1) is 62.4. The number of carbonyl (C=O) groups is 1. The second-order valence-electron chi connectivity index (χ2n) is 18.1. The Balaban J connectivity index is 4.16. The zero-order chi connectivity index (χ0) is 47.6. The number of likely N-dealkylation sites (N-methyl/N-ethyl adjacent to an activating group) is 1. The predicted molar refractivity (Wildman–Crippen MR) is 279 cm³/mol. The maximum atomic E-state index is 12.8. The molecule has 0 aliphatic carbocycles. The number of esters is 1. The van der Waals surface area contributed by atoms with Crippen LogP contribution in [-0.2, 0) is 27.9 Å². The summed E-state index contributed by atoms with van der Waals surface area (Å²) in [5.74, 6) is -0.326. The second-order valence-corrected chi connectivity index (χ2v) is 19.6. The smallest absolute Gasteiger partial charge is 0.457 e. The van der Waals surface area contributed by atoms with E-state index in [1.165, 1.54) is 77.0 Å². The third kappa shape index (κ3) is 52.3. The highest BCUT2D eigenvalue weighted by atomic mass is 31.2. The van der Waals surface area contributed by atoms with Gasteiger partial charge in [0, 0.05) is 13.0 Å². The number of rotatable bonds is 47. The molecule has 374 valence electrons. The van der Waals surface area contributed by atoms with Gasteiger partial charge >= 0.3 is 13.8 Å². The Kier molecular flexibility index (Phi) is 46.0. The predicted octanol–water partition coefficient (Wildman–Crippen LogP) is 16.2. The van der Waals surface area contributed by atoms with Gasteiger partial charge in [0.25, 0.3) is 0 Å². The number of hydrogen-bond donors (Lipinski definition) is 1. The zero-order valence-corrected chi connectivity index (χ0v) is 43.3. The Bertz CT molecular complexity index is 1360. The average molecular weight is 929 g/mol. The number of phosphoric ester groups is 1. The number of allylic oxidation sites excluding steroid dienone is 16. The van der Waals surface area contributed by atoms with Crippen molar-refractivity contribution in [1.82, 2.24) is 0 Å². The van der Waals surface area contributed by atoms with Crippen LogP contribution in [0.1, 0.15) is 194 Å². The minimum Gasteiger partial charge on any atom is -0.457 e. The number of phosphoric acid groups is 1. The normalized spacial score (nSPS) is 14.4. The molecule has 2 atom stereocenters. The molecule has 0 saturated carbocycles. The first-order valence-electron chi connectivity index (χ1n) is 26.0. The van der Waals surface area contributed by atoms with Crippen LogP contribution in [0.5, 0.6) is 0 Å². The van der Waals surface area contributed by atoms with Gasteiger partial charge in [0.15, 0.2) is 0 Å². The largest absolute Gasteiger partial charge is 0.472 e. The maximum Gasteiger partial charge on any atom is 0.472 e. The second kappa shape index (κ2) is 47.9. The van der Waals surface area contributed by atoms with Crippen molar-refractivity contribution in [2.24, 2.45) is 0 Å². The van der Waals surface area contributed by atoms with Gasteiger partial charge in [-0.05, 0) is 89.9 Å². The molecule has 0 aromatic rings. The summed E-state index contributed by atoms with van der Waals surface area (Å²) in [5, 5.41) is 0. The van der Waals surface area contributed by atoms with Gasteiger partial charge < -0.3 is 18.9 Å². The summed E-state index contributed by atoms with van der Waals surface area (Å²) in [4.78, 5) is 23.0. The summed E-state index contributed by atoms with van der Waals surface area (Å²) < 4.78 is 35.1. The molecule has 0 fully saturated rings. The molecule has 0 saturated heterocycles. The summed E-state index contributed by atoms with van der Waals surface area (Å²) in [6.07, 6.45) is 66.0. The van der Waals surface area contributed by atoms with E-state index >= 15 is 0 Å². The molecule has 1 N–H and O–H groups in total. The quantitative estimate of drug-likeness (QED) is 0.0214. The van der Waals surface area contributed by atoms with Crippen molar-refractivity contribution in [3.8, 4) is 0 Å². The number of nitrogens with zero attached hydrogens (tertiary/aromatic N) is 1. The molecule has 0 aliphatic heterocycles. The van der Waals surface area contributed by atoms with E-state index in [1.807, 2.05) is 21.1 Å². The van der Waals surface area contributed by atoms with E-state index in [9.17, 15) is 14.3 Å². The van der Waals surface area contributed by atoms with Crippen molar-refractivity contribution in [2.75, 3.05) is 54.1 Å². The van der Waals surface area contributed by atoms with Gasteiger partial charge in [-0.15, -0.1) is 0 Å². The molecule has 0 radical (unpaired) electrons. The molecule has 0 spiro atoms. The van der Waals surface area contributed by atoms with Crippen LogP contribution < -0.4 is 0 Å². The molecule has 0 rings (SSSR count). The van der Waals surface area contributed by atoms with E-state index < -0.39 is 13.9 Å². The lowest BCUT2D eigenvalue weighted by atomic mass is 10.0. The lowest BCUT2D eigenvalue weighted by Gasteiger charge is -2.24. The number of carbonyl (C=O) groups excluding carboxylic acids is 1. The van der Waals surface area contributed by atoms with Gasteiger partial charge in [-0.3, -0.25) is 13.8 Å². The Morgan fingerprint density at radius 1 is 0.477 bits per heavy atom. The van der Waals surface area contributed by atoms with Crippen molar-refractivity contribution in [1.29, 1.82) is 0 Å². The van der Waals surface area contributed by atoms with E-state index in [-0.39, 0.29) is 25.8 Å². The Labute approximate surface area is 400 Å². The third-order valence-corrected chi connectivity index (χ3v) is 11.6. The lowest BCUT2D eigenvalue weighted by molar-refractivity contribution is -0.870. The molecule has 0 aliphatic rings. The summed E-state index contributed by atoms with van der Waals surface area (Å²) >= 11 is 0. The Morgan fingerprint density at radius 3 is 1.26 bits per heavy atom. The Morgan fingerprint density at radius 2 is 0.846 bits per heavy atom. The van der Waals surface area contributed by atoms with E-state index in [2.05, 4.69) is 111 Å². The van der Waals surface area contributed by atoms with Crippen molar-refractivity contribution >= 4 is 13.8 Å². The van der Waals surface area contributed by atoms with Crippen molar-refractivity contribution in [3.05, 3.63) is 97.2 Å². The van der Waals surface area contributed by atoms with Crippen LogP contribution in [-0.4, -0.2) is 75.6 Å². The first-order chi connectivity index (χ1) is 31.6. The molecular weight excluding hydrogens is 830 g/mol. The Hall–Kier alpha value is -2.58. The van der Waals surface area contributed by atoms with E-state index in [0.29, 0.717) is 24.1 Å². The van der Waals surface area contributed by atoms with Crippen molar-refractivity contribution in [3.63, 3.8) is 0 Å². The topological polar surface area (TPSA) is 91.3 Å². The molecule has 0 heterocycles. The average Bonchev–Trinajstić information content (AvgIpc) is 3.27. The molecule has 0 bridgehead atoms. The fourth-order valence-electron chi connectivity index (χ4n) is 6.71. The highest BCUT2D eigenvalue weighted by Crippen LogP contribution is 2.43. The molecule has 2 unspecified atom stereocenters. The maximum absolute atomic E-state index is 12.8. The molecule has 0 aromatic heterocycles. The summed E-state index contributed by atoms with van der Waals surface area (Å²) in [7, 11) is 1.64. The first-order valence-corrected chi connectivity index (χ1v) is 27.5. The fourth-order valence-corrected chi connectivity index (χ4v) is 7.45. The van der Waals surface area contributed by atoms with Crippen LogP contribution in [0.2, 0.25) is 0 Å². The number of unbranched alkanes of at least 4 members (excludes halogenated alkanes) is 17. The molecule has 0 aromatic carbocycles. The van der Waals surface area contributed by atoms with Gasteiger partial charge in [-0.2, -0.15) is 0 Å². The molecule has 8 nitrogen and oxygen atoms in total. The van der Waals surface area contributed by atoms with Gasteiger partial charge in [-0.25, -0.2) is 4.57 Å². The van der Waals surface area contributed by atoms with E-state index in [0.717, 1.165) is 96.3 Å². The molecule has 0 amide bonds. The highest BCUT2D eigenvalue weighted by Gasteiger charge is 2.26. The summed E-state index contributed by atoms with van der Waals surface area (Å²) in [5.41, 5.74) is 0. The zero-order valence-electron chi connectivity index (χ0n) is 42.4. The summed E-state index contributed by atoms with van der Waals surface area (Å²) in [6.45, 7) is 5.34. The van der Waals surface area contributed by atoms with E-state index in [1.54, 1.807) is 0 Å². The van der Waals surface area contributed by atoms with Crippen LogP contribution in [0.15, 0.2) is 97.2 Å². The van der Waals surface area contributed by atoms with Crippen LogP contribution in [0.25, 0.3) is 0 Å². The van der Waals surface area contributed by atoms with E-state index in [4.69, 9.17) is 18.5 Å². The van der Waals surface area contributed by atoms with Gasteiger partial charge in [-0.1, -0.05) is 195 Å². The number of hydrogen-bond acceptors (Lipinski definition) is 6. The standard InChI is InChI=1S/C56H98NO7P/c1-6-8-10-12-14-16-18-20-22-24-26-27-28-29-30-31-32-33-35-37-39-41-43-45-47-49-56(58)64-55(54-63-65(59,60)62-52-50-57(3,4)5)53-61-51-48-46-44-42-40-38-36-34-25-23-21-19-17-15-13-11-9-7-2/h8-11,14-17,20-23,26-27,34,36,55H,6-7,12-13,18-19,24-25,28-33,35,37-54H2,1-5H3/p+1/b10-8-,11-9-,16-14-,17-15-,22-20-,23-21-,27-26-,36-34-. The van der Waals surface area contributed by atoms with Crippen LogP contribution in [0.4, 0.5) is 0 Å². The van der Waals surface area contributed by atoms with Crippen molar-refractivity contribution in [2.45, 2.75) is 200 Å². The molecular formula is C56H99NO7P+. The van der Waals surface area contributed by atoms with Gasteiger partial charge in [0.1, 0.15) is 19.3 Å².